The van der Waals surface area contributed by atoms with Crippen LogP contribution in [0, 0.1) is 6.92 Å². The molecule has 98 valence electrons. The molecular weight excluding hydrogens is 242 g/mol. The molecule has 0 fully saturated rings. The molecule has 0 amide bonds. The molecular formula is C14H21N3S. The highest BCUT2D eigenvalue weighted by molar-refractivity contribution is 7.12. The summed E-state index contributed by atoms with van der Waals surface area (Å²) in [5.74, 6) is 1.13. The molecule has 2 rings (SSSR count). The lowest BCUT2D eigenvalue weighted by Crippen LogP contribution is -2.30. The van der Waals surface area contributed by atoms with E-state index >= 15 is 0 Å². The van der Waals surface area contributed by atoms with Gasteiger partial charge in [0, 0.05) is 34.6 Å². The second-order valence-electron chi connectivity index (χ2n) is 4.75. The molecule has 0 spiro atoms. The molecule has 2 aromatic heterocycles. The normalized spacial score (nSPS) is 14.7. The van der Waals surface area contributed by atoms with E-state index in [4.69, 9.17) is 5.73 Å². The molecule has 0 bridgehead atoms. The Labute approximate surface area is 113 Å². The fraction of sp³-hybridized carbons (Fsp3) is 0.500. The zero-order valence-electron chi connectivity index (χ0n) is 11.3. The predicted octanol–water partition coefficient (Wildman–Crippen LogP) is 3.14. The minimum absolute atomic E-state index is 0.0767. The number of aryl methyl sites for hydroxylation is 2. The zero-order valence-corrected chi connectivity index (χ0v) is 12.1. The maximum atomic E-state index is 6.19. The van der Waals surface area contributed by atoms with E-state index in [1.807, 2.05) is 23.7 Å². The Morgan fingerprint density at radius 2 is 2.22 bits per heavy atom. The number of hydrogen-bond acceptors (Lipinski definition) is 3. The summed E-state index contributed by atoms with van der Waals surface area (Å²) in [6, 6.07) is 4.62. The van der Waals surface area contributed by atoms with E-state index in [-0.39, 0.29) is 12.1 Å². The molecule has 0 radical (unpaired) electrons. The summed E-state index contributed by atoms with van der Waals surface area (Å²) >= 11 is 1.82. The fourth-order valence-corrected chi connectivity index (χ4v) is 3.37. The van der Waals surface area contributed by atoms with Gasteiger partial charge in [-0.1, -0.05) is 6.92 Å². The van der Waals surface area contributed by atoms with Crippen molar-refractivity contribution in [3.63, 3.8) is 0 Å². The van der Waals surface area contributed by atoms with E-state index in [0.29, 0.717) is 0 Å². The molecule has 2 unspecified atom stereocenters. The molecule has 18 heavy (non-hydrogen) atoms. The lowest BCUT2D eigenvalue weighted by Gasteiger charge is -2.23. The summed E-state index contributed by atoms with van der Waals surface area (Å²) in [4.78, 5) is 7.10. The van der Waals surface area contributed by atoms with Gasteiger partial charge in [0.25, 0.3) is 0 Å². The van der Waals surface area contributed by atoms with Crippen molar-refractivity contribution < 1.29 is 0 Å². The molecule has 3 nitrogen and oxygen atoms in total. The molecule has 4 heteroatoms. The maximum Gasteiger partial charge on any atom is 0.109 e. The van der Waals surface area contributed by atoms with Crippen LogP contribution < -0.4 is 5.73 Å². The Morgan fingerprint density at radius 1 is 1.44 bits per heavy atom. The first-order valence-corrected chi connectivity index (χ1v) is 7.28. The van der Waals surface area contributed by atoms with E-state index in [1.54, 1.807) is 0 Å². The van der Waals surface area contributed by atoms with Crippen molar-refractivity contribution in [3.8, 4) is 0 Å². The number of imidazole rings is 1. The van der Waals surface area contributed by atoms with Crippen molar-refractivity contribution in [1.29, 1.82) is 0 Å². The van der Waals surface area contributed by atoms with Crippen LogP contribution >= 0.6 is 11.3 Å². The van der Waals surface area contributed by atoms with Crippen molar-refractivity contribution >= 4 is 11.3 Å². The van der Waals surface area contributed by atoms with Gasteiger partial charge in [-0.25, -0.2) is 4.98 Å². The molecule has 0 aromatic carbocycles. The van der Waals surface area contributed by atoms with Crippen molar-refractivity contribution in [1.82, 2.24) is 9.55 Å². The van der Waals surface area contributed by atoms with Gasteiger partial charge in [-0.3, -0.25) is 0 Å². The molecule has 2 heterocycles. The molecule has 2 atom stereocenters. The summed E-state index contributed by atoms with van der Waals surface area (Å²) in [6.07, 6.45) is 6.03. The third-order valence-electron chi connectivity index (χ3n) is 3.07. The van der Waals surface area contributed by atoms with Gasteiger partial charge in [0.2, 0.25) is 0 Å². The third kappa shape index (κ3) is 2.65. The summed E-state index contributed by atoms with van der Waals surface area (Å²) in [6.45, 7) is 6.37. The van der Waals surface area contributed by atoms with Crippen LogP contribution in [-0.2, 0) is 6.42 Å². The molecule has 2 aromatic rings. The highest BCUT2D eigenvalue weighted by Crippen LogP contribution is 2.29. The fourth-order valence-electron chi connectivity index (χ4n) is 2.28. The second kappa shape index (κ2) is 5.67. The highest BCUT2D eigenvalue weighted by atomic mass is 32.1. The monoisotopic (exact) mass is 263 g/mol. The van der Waals surface area contributed by atoms with E-state index in [2.05, 4.69) is 42.5 Å². The van der Waals surface area contributed by atoms with Crippen LogP contribution in [0.1, 0.15) is 41.9 Å². The van der Waals surface area contributed by atoms with Crippen LogP contribution in [-0.4, -0.2) is 15.6 Å². The van der Waals surface area contributed by atoms with Crippen LogP contribution in [0.5, 0.6) is 0 Å². The number of nitrogens with zero attached hydrogens (tertiary/aromatic N) is 2. The molecule has 0 aliphatic heterocycles. The van der Waals surface area contributed by atoms with Gasteiger partial charge >= 0.3 is 0 Å². The lowest BCUT2D eigenvalue weighted by atomic mass is 10.1. The van der Waals surface area contributed by atoms with Gasteiger partial charge in [-0.05, 0) is 32.4 Å². The van der Waals surface area contributed by atoms with Crippen LogP contribution in [0.4, 0.5) is 0 Å². The average Bonchev–Trinajstić information content (AvgIpc) is 2.90. The number of nitrogens with two attached hydrogens (primary N) is 1. The minimum Gasteiger partial charge on any atom is -0.326 e. The van der Waals surface area contributed by atoms with Gasteiger partial charge in [0.1, 0.15) is 5.82 Å². The first kappa shape index (κ1) is 13.3. The SMILES string of the molecule is CCCc1nccn1C(c1ccc(C)s1)C(C)N. The summed E-state index contributed by atoms with van der Waals surface area (Å²) in [5.41, 5.74) is 6.19. The zero-order chi connectivity index (χ0) is 13.1. The highest BCUT2D eigenvalue weighted by Gasteiger charge is 2.21. The van der Waals surface area contributed by atoms with Crippen molar-refractivity contribution in [2.24, 2.45) is 5.73 Å². The van der Waals surface area contributed by atoms with Crippen LogP contribution in [0.25, 0.3) is 0 Å². The van der Waals surface area contributed by atoms with Gasteiger partial charge in [-0.2, -0.15) is 0 Å². The number of thiophene rings is 1. The van der Waals surface area contributed by atoms with E-state index in [9.17, 15) is 0 Å². The van der Waals surface area contributed by atoms with Gasteiger partial charge in [-0.15, -0.1) is 11.3 Å². The van der Waals surface area contributed by atoms with Crippen LogP contribution in [0.2, 0.25) is 0 Å². The standard InChI is InChI=1S/C14H21N3S/c1-4-5-13-16-8-9-17(13)14(11(3)15)12-7-6-10(2)18-12/h6-9,11,14H,4-5,15H2,1-3H3. The van der Waals surface area contributed by atoms with Gasteiger partial charge < -0.3 is 10.3 Å². The topological polar surface area (TPSA) is 43.8 Å². The summed E-state index contributed by atoms with van der Waals surface area (Å²) in [5, 5.41) is 0. The Bertz CT molecular complexity index is 499. The van der Waals surface area contributed by atoms with Gasteiger partial charge in [0.05, 0.1) is 6.04 Å². The molecule has 0 saturated heterocycles. The van der Waals surface area contributed by atoms with Crippen molar-refractivity contribution in [2.75, 3.05) is 0 Å². The number of aromatic nitrogens is 2. The van der Waals surface area contributed by atoms with Crippen LogP contribution in [0.15, 0.2) is 24.5 Å². The minimum atomic E-state index is 0.0767. The summed E-state index contributed by atoms with van der Waals surface area (Å²) < 4.78 is 2.24. The van der Waals surface area contributed by atoms with Crippen molar-refractivity contribution in [2.45, 2.75) is 45.7 Å². The molecule has 0 saturated carbocycles. The predicted molar refractivity (Wildman–Crippen MR) is 77.1 cm³/mol. The van der Waals surface area contributed by atoms with Gasteiger partial charge in [0.15, 0.2) is 0 Å². The Kier molecular flexibility index (Phi) is 4.19. The Hall–Kier alpha value is -1.13. The first-order chi connectivity index (χ1) is 8.63. The number of hydrogen-bond donors (Lipinski definition) is 1. The Morgan fingerprint density at radius 3 is 2.78 bits per heavy atom. The van der Waals surface area contributed by atoms with E-state index in [0.717, 1.165) is 18.7 Å². The van der Waals surface area contributed by atoms with E-state index in [1.165, 1.54) is 9.75 Å². The molecule has 0 aliphatic rings. The van der Waals surface area contributed by atoms with E-state index < -0.39 is 0 Å². The maximum absolute atomic E-state index is 6.19. The number of rotatable bonds is 5. The Balaban J connectivity index is 2.38. The van der Waals surface area contributed by atoms with Crippen molar-refractivity contribution in [3.05, 3.63) is 40.1 Å². The molecule has 2 N–H and O–H groups in total. The molecule has 0 aliphatic carbocycles. The largest absolute Gasteiger partial charge is 0.326 e. The lowest BCUT2D eigenvalue weighted by molar-refractivity contribution is 0.485. The third-order valence-corrected chi connectivity index (χ3v) is 4.14. The van der Waals surface area contributed by atoms with Crippen LogP contribution in [0.3, 0.4) is 0 Å². The quantitative estimate of drug-likeness (QED) is 0.900. The second-order valence-corrected chi connectivity index (χ2v) is 6.07. The first-order valence-electron chi connectivity index (χ1n) is 6.47. The average molecular weight is 263 g/mol. The summed E-state index contributed by atoms with van der Waals surface area (Å²) in [7, 11) is 0. The smallest absolute Gasteiger partial charge is 0.109 e.